The lowest BCUT2D eigenvalue weighted by Crippen LogP contribution is -2.46. The van der Waals surface area contributed by atoms with Gasteiger partial charge in [0.05, 0.1) is 5.56 Å². The Kier molecular flexibility index (Phi) is 5.57. The Morgan fingerprint density at radius 1 is 1.22 bits per heavy atom. The molecular formula is C18H23N3O2. The number of H-pyrrole nitrogens is 1. The van der Waals surface area contributed by atoms with E-state index in [4.69, 9.17) is 0 Å². The minimum Gasteiger partial charge on any atom is -0.365 e. The van der Waals surface area contributed by atoms with Gasteiger partial charge in [0.1, 0.15) is 6.04 Å². The van der Waals surface area contributed by atoms with Gasteiger partial charge in [0.25, 0.3) is 5.91 Å². The highest BCUT2D eigenvalue weighted by molar-refractivity contribution is 6.01. The average molecular weight is 313 g/mol. The van der Waals surface area contributed by atoms with E-state index < -0.39 is 6.04 Å². The number of hydrogen-bond donors (Lipinski definition) is 2. The van der Waals surface area contributed by atoms with Crippen LogP contribution in [0.4, 0.5) is 5.69 Å². The van der Waals surface area contributed by atoms with E-state index in [1.807, 2.05) is 44.2 Å². The third-order valence-corrected chi connectivity index (χ3v) is 3.80. The van der Waals surface area contributed by atoms with E-state index in [1.165, 1.54) is 0 Å². The number of para-hydroxylation sites is 1. The fourth-order valence-corrected chi connectivity index (χ4v) is 2.46. The van der Waals surface area contributed by atoms with Crippen LogP contribution in [0.25, 0.3) is 0 Å². The van der Waals surface area contributed by atoms with Crippen molar-refractivity contribution in [2.45, 2.75) is 33.2 Å². The topological polar surface area (TPSA) is 65.2 Å². The summed E-state index contributed by atoms with van der Waals surface area (Å²) in [7, 11) is 0. The van der Waals surface area contributed by atoms with Gasteiger partial charge in [-0.2, -0.15) is 0 Å². The quantitative estimate of drug-likeness (QED) is 0.860. The molecule has 122 valence electrons. The second-order valence-corrected chi connectivity index (χ2v) is 5.55. The van der Waals surface area contributed by atoms with E-state index in [0.717, 1.165) is 17.8 Å². The summed E-state index contributed by atoms with van der Waals surface area (Å²) >= 11 is 0. The van der Waals surface area contributed by atoms with Crippen LogP contribution in [0.5, 0.6) is 0 Å². The predicted molar refractivity (Wildman–Crippen MR) is 91.4 cm³/mol. The molecule has 2 aromatic rings. The zero-order chi connectivity index (χ0) is 16.8. The molecule has 0 aliphatic rings. The van der Waals surface area contributed by atoms with E-state index in [9.17, 15) is 9.59 Å². The van der Waals surface area contributed by atoms with Gasteiger partial charge in [-0.1, -0.05) is 25.1 Å². The molecule has 0 unspecified atom stereocenters. The lowest BCUT2D eigenvalue weighted by molar-refractivity contribution is -0.120. The van der Waals surface area contributed by atoms with Crippen molar-refractivity contribution in [2.24, 2.45) is 0 Å². The highest BCUT2D eigenvalue weighted by atomic mass is 16.2. The van der Waals surface area contributed by atoms with Crippen molar-refractivity contribution in [2.75, 3.05) is 11.9 Å². The normalized spacial score (nSPS) is 11.8. The van der Waals surface area contributed by atoms with Crippen LogP contribution >= 0.6 is 0 Å². The summed E-state index contributed by atoms with van der Waals surface area (Å²) in [5.41, 5.74) is 2.15. The number of benzene rings is 1. The van der Waals surface area contributed by atoms with Crippen molar-refractivity contribution in [1.29, 1.82) is 0 Å². The van der Waals surface area contributed by atoms with Crippen molar-refractivity contribution in [3.05, 3.63) is 53.9 Å². The van der Waals surface area contributed by atoms with Gasteiger partial charge in [0.15, 0.2) is 0 Å². The lowest BCUT2D eigenvalue weighted by Gasteiger charge is -2.28. The highest BCUT2D eigenvalue weighted by Gasteiger charge is 2.27. The Bertz CT molecular complexity index is 664. The Morgan fingerprint density at radius 3 is 2.48 bits per heavy atom. The molecule has 1 atom stereocenters. The molecule has 2 N–H and O–H groups in total. The van der Waals surface area contributed by atoms with E-state index in [1.54, 1.807) is 24.1 Å². The van der Waals surface area contributed by atoms with Gasteiger partial charge in [-0.05, 0) is 38.5 Å². The Labute approximate surface area is 136 Å². The van der Waals surface area contributed by atoms with Crippen molar-refractivity contribution in [1.82, 2.24) is 9.88 Å². The molecule has 1 heterocycles. The fourth-order valence-electron chi connectivity index (χ4n) is 2.46. The summed E-state index contributed by atoms with van der Waals surface area (Å²) in [5, 5.41) is 2.85. The van der Waals surface area contributed by atoms with E-state index in [0.29, 0.717) is 12.1 Å². The molecule has 0 aliphatic heterocycles. The van der Waals surface area contributed by atoms with Crippen LogP contribution in [0.2, 0.25) is 0 Å². The minimum atomic E-state index is -0.544. The van der Waals surface area contributed by atoms with Crippen LogP contribution < -0.4 is 5.32 Å². The van der Waals surface area contributed by atoms with Gasteiger partial charge >= 0.3 is 0 Å². The Balaban J connectivity index is 2.14. The average Bonchev–Trinajstić information content (AvgIpc) is 2.98. The summed E-state index contributed by atoms with van der Waals surface area (Å²) in [6, 6.07) is 10.5. The summed E-state index contributed by atoms with van der Waals surface area (Å²) < 4.78 is 0. The molecule has 0 saturated carbocycles. The number of hydrogen-bond acceptors (Lipinski definition) is 2. The van der Waals surface area contributed by atoms with Crippen LogP contribution in [0.3, 0.4) is 0 Å². The maximum atomic E-state index is 12.7. The van der Waals surface area contributed by atoms with Crippen LogP contribution in [0.15, 0.2) is 42.6 Å². The van der Waals surface area contributed by atoms with Crippen LogP contribution in [-0.2, 0) is 4.79 Å². The zero-order valence-corrected chi connectivity index (χ0v) is 13.8. The van der Waals surface area contributed by atoms with Gasteiger partial charge in [0.2, 0.25) is 5.91 Å². The smallest absolute Gasteiger partial charge is 0.256 e. The third-order valence-electron chi connectivity index (χ3n) is 3.80. The molecule has 2 rings (SSSR count). The number of carbonyl (C=O) groups excluding carboxylic acids is 2. The second-order valence-electron chi connectivity index (χ2n) is 5.55. The first kappa shape index (κ1) is 16.8. The van der Waals surface area contributed by atoms with E-state index in [2.05, 4.69) is 10.3 Å². The number of nitrogens with zero attached hydrogens (tertiary/aromatic N) is 1. The number of anilines is 1. The summed E-state index contributed by atoms with van der Waals surface area (Å²) in [4.78, 5) is 29.8. The molecule has 23 heavy (non-hydrogen) atoms. The van der Waals surface area contributed by atoms with E-state index in [-0.39, 0.29) is 11.8 Å². The minimum absolute atomic E-state index is 0.124. The standard InChI is InChI=1S/C18H23N3O2/c1-4-12-21(18(23)16-10-11-19-13(16)2)14(3)17(22)20-15-8-6-5-7-9-15/h5-11,14,19H,4,12H2,1-3H3,(H,20,22)/t14-/m0/s1. The summed E-state index contributed by atoms with van der Waals surface area (Å²) in [6.07, 6.45) is 2.53. The maximum Gasteiger partial charge on any atom is 0.256 e. The number of nitrogens with one attached hydrogen (secondary N) is 2. The molecule has 0 spiro atoms. The van der Waals surface area contributed by atoms with Gasteiger partial charge in [-0.25, -0.2) is 0 Å². The third kappa shape index (κ3) is 4.00. The summed E-state index contributed by atoms with van der Waals surface area (Å²) in [5.74, 6) is -0.312. The van der Waals surface area contributed by atoms with Crippen molar-refractivity contribution in [3.63, 3.8) is 0 Å². The van der Waals surface area contributed by atoms with Crippen molar-refractivity contribution in [3.8, 4) is 0 Å². The number of rotatable bonds is 6. The van der Waals surface area contributed by atoms with Crippen molar-refractivity contribution < 1.29 is 9.59 Å². The number of amides is 2. The molecule has 0 saturated heterocycles. The molecule has 2 amide bonds. The predicted octanol–water partition coefficient (Wildman–Crippen LogP) is 3.20. The SMILES string of the molecule is CCCN(C(=O)c1cc[nH]c1C)[C@@H](C)C(=O)Nc1ccccc1. The number of aryl methyl sites for hydroxylation is 1. The first-order chi connectivity index (χ1) is 11.0. The Morgan fingerprint density at radius 2 is 1.91 bits per heavy atom. The van der Waals surface area contributed by atoms with Gasteiger partial charge < -0.3 is 15.2 Å². The van der Waals surface area contributed by atoms with Gasteiger partial charge in [-0.3, -0.25) is 9.59 Å². The first-order valence-corrected chi connectivity index (χ1v) is 7.85. The zero-order valence-electron chi connectivity index (χ0n) is 13.8. The lowest BCUT2D eigenvalue weighted by atomic mass is 10.1. The largest absolute Gasteiger partial charge is 0.365 e. The molecule has 5 nitrogen and oxygen atoms in total. The van der Waals surface area contributed by atoms with Crippen molar-refractivity contribution >= 4 is 17.5 Å². The molecule has 0 aliphatic carbocycles. The van der Waals surface area contributed by atoms with Crippen LogP contribution in [0, 0.1) is 6.92 Å². The van der Waals surface area contributed by atoms with Crippen LogP contribution in [0.1, 0.15) is 36.3 Å². The fraction of sp³-hybridized carbons (Fsp3) is 0.333. The first-order valence-electron chi connectivity index (χ1n) is 7.85. The van der Waals surface area contributed by atoms with Crippen LogP contribution in [-0.4, -0.2) is 34.3 Å². The molecule has 0 bridgehead atoms. The number of aromatic nitrogens is 1. The second kappa shape index (κ2) is 7.63. The number of aromatic amines is 1. The van der Waals surface area contributed by atoms with E-state index >= 15 is 0 Å². The highest BCUT2D eigenvalue weighted by Crippen LogP contribution is 2.14. The summed E-state index contributed by atoms with van der Waals surface area (Å²) in [6.45, 7) is 6.14. The van der Waals surface area contributed by atoms with Gasteiger partial charge in [0, 0.05) is 24.1 Å². The molecule has 1 aromatic carbocycles. The Hall–Kier alpha value is -2.56. The molecule has 0 radical (unpaired) electrons. The number of carbonyl (C=O) groups is 2. The molecule has 1 aromatic heterocycles. The monoisotopic (exact) mass is 313 g/mol. The maximum absolute atomic E-state index is 12.7. The van der Waals surface area contributed by atoms with Gasteiger partial charge in [-0.15, -0.1) is 0 Å². The molecule has 5 heteroatoms. The molecular weight excluding hydrogens is 290 g/mol. The molecule has 0 fully saturated rings.